The molecule has 0 atom stereocenters. The van der Waals surface area contributed by atoms with E-state index in [1.165, 1.54) is 4.31 Å². The van der Waals surface area contributed by atoms with Gasteiger partial charge >= 0.3 is 0 Å². The highest BCUT2D eigenvalue weighted by Crippen LogP contribution is 2.24. The number of sulfonamides is 1. The Morgan fingerprint density at radius 1 is 1.30 bits per heavy atom. The van der Waals surface area contributed by atoms with Crippen LogP contribution in [-0.2, 0) is 10.0 Å². The number of aryl methyl sites for hydroxylation is 2. The first-order valence-electron chi connectivity index (χ1n) is 6.49. The summed E-state index contributed by atoms with van der Waals surface area (Å²) in [6, 6.07) is 2.10. The van der Waals surface area contributed by atoms with Crippen molar-refractivity contribution in [3.05, 3.63) is 11.5 Å². The largest absolute Gasteiger partial charge is 0.360 e. The quantitative estimate of drug-likeness (QED) is 0.804. The lowest BCUT2D eigenvalue weighted by Crippen LogP contribution is -2.48. The summed E-state index contributed by atoms with van der Waals surface area (Å²) in [4.78, 5) is 2.28. The maximum Gasteiger partial charge on any atom is 0.248 e. The first kappa shape index (κ1) is 15.0. The van der Waals surface area contributed by atoms with Gasteiger partial charge in [0.2, 0.25) is 10.0 Å². The van der Waals surface area contributed by atoms with Crippen LogP contribution in [0.5, 0.6) is 0 Å². The summed E-state index contributed by atoms with van der Waals surface area (Å²) in [5.74, 6) is 0.328. The van der Waals surface area contributed by atoms with E-state index in [-0.39, 0.29) is 4.90 Å². The van der Waals surface area contributed by atoms with Crippen molar-refractivity contribution in [2.45, 2.75) is 25.2 Å². The van der Waals surface area contributed by atoms with Gasteiger partial charge in [-0.2, -0.15) is 9.57 Å². The average molecular weight is 298 g/mol. The molecule has 2 heterocycles. The number of hydrogen-bond donors (Lipinski definition) is 0. The zero-order valence-electron chi connectivity index (χ0n) is 11.7. The Labute approximate surface area is 118 Å². The van der Waals surface area contributed by atoms with Crippen LogP contribution in [0.15, 0.2) is 9.42 Å². The Hall–Kier alpha value is -1.43. The Morgan fingerprint density at radius 2 is 1.95 bits per heavy atom. The zero-order valence-corrected chi connectivity index (χ0v) is 12.5. The molecule has 8 heteroatoms. The molecule has 0 N–H and O–H groups in total. The molecule has 0 unspecified atom stereocenters. The van der Waals surface area contributed by atoms with E-state index < -0.39 is 10.0 Å². The van der Waals surface area contributed by atoms with E-state index in [2.05, 4.69) is 16.1 Å². The Morgan fingerprint density at radius 3 is 2.45 bits per heavy atom. The highest BCUT2D eigenvalue weighted by molar-refractivity contribution is 7.89. The van der Waals surface area contributed by atoms with E-state index in [0.717, 1.165) is 0 Å². The fraction of sp³-hybridized carbons (Fsp3) is 0.667. The first-order valence-corrected chi connectivity index (χ1v) is 7.93. The second kappa shape index (κ2) is 5.91. The van der Waals surface area contributed by atoms with Crippen molar-refractivity contribution < 1.29 is 12.9 Å². The van der Waals surface area contributed by atoms with Crippen LogP contribution in [0.3, 0.4) is 0 Å². The van der Waals surface area contributed by atoms with Crippen LogP contribution in [0.2, 0.25) is 0 Å². The van der Waals surface area contributed by atoms with Crippen LogP contribution in [0, 0.1) is 25.2 Å². The fourth-order valence-electron chi connectivity index (χ4n) is 2.37. The SMILES string of the molecule is Cc1noc(C)c1S(=O)(=O)N1CCN(CCC#N)CC1. The van der Waals surface area contributed by atoms with Gasteiger partial charge in [0.1, 0.15) is 10.6 Å². The molecule has 0 radical (unpaired) electrons. The standard InChI is InChI=1S/C12H18N4O3S/c1-10-12(11(2)19-14-10)20(17,18)16-8-6-15(7-9-16)5-3-4-13/h3,5-9H2,1-2H3. The van der Waals surface area contributed by atoms with Crippen LogP contribution in [-0.4, -0.2) is 55.5 Å². The van der Waals surface area contributed by atoms with Crippen LogP contribution < -0.4 is 0 Å². The van der Waals surface area contributed by atoms with Crippen molar-refractivity contribution >= 4 is 10.0 Å². The first-order chi connectivity index (χ1) is 9.46. The molecule has 1 aliphatic rings. The highest BCUT2D eigenvalue weighted by Gasteiger charge is 2.33. The predicted octanol–water partition coefficient (Wildman–Crippen LogP) is 0.511. The van der Waals surface area contributed by atoms with Crippen molar-refractivity contribution in [1.82, 2.24) is 14.4 Å². The molecule has 1 aromatic rings. The van der Waals surface area contributed by atoms with Crippen LogP contribution in [0.4, 0.5) is 0 Å². The van der Waals surface area contributed by atoms with Gasteiger partial charge in [-0.3, -0.25) is 4.90 Å². The molecule has 1 saturated heterocycles. The maximum atomic E-state index is 12.6. The lowest BCUT2D eigenvalue weighted by molar-refractivity contribution is 0.191. The molecule has 0 aromatic carbocycles. The molecule has 2 rings (SSSR count). The molecular formula is C12H18N4O3S. The van der Waals surface area contributed by atoms with E-state index in [9.17, 15) is 8.42 Å². The second-order valence-electron chi connectivity index (χ2n) is 4.81. The second-order valence-corrected chi connectivity index (χ2v) is 6.68. The summed E-state index contributed by atoms with van der Waals surface area (Å²) >= 11 is 0. The lowest BCUT2D eigenvalue weighted by atomic mass is 10.3. The average Bonchev–Trinajstić information content (AvgIpc) is 2.77. The third kappa shape index (κ3) is 2.85. The van der Waals surface area contributed by atoms with Gasteiger partial charge in [0.15, 0.2) is 5.76 Å². The Bertz CT molecular complexity index is 590. The molecule has 1 aromatic heterocycles. The van der Waals surface area contributed by atoms with Crippen LogP contribution in [0.1, 0.15) is 17.9 Å². The molecule has 0 aliphatic carbocycles. The summed E-state index contributed by atoms with van der Waals surface area (Å²) in [5, 5.41) is 12.3. The van der Waals surface area contributed by atoms with E-state index >= 15 is 0 Å². The summed E-state index contributed by atoms with van der Waals surface area (Å²) in [6.45, 7) is 6.07. The number of nitriles is 1. The van der Waals surface area contributed by atoms with Crippen molar-refractivity contribution in [2.24, 2.45) is 0 Å². The van der Waals surface area contributed by atoms with E-state index in [4.69, 9.17) is 9.78 Å². The zero-order chi connectivity index (χ0) is 14.8. The topological polar surface area (TPSA) is 90.4 Å². The van der Waals surface area contributed by atoms with Gasteiger partial charge in [0.05, 0.1) is 6.07 Å². The molecule has 1 fully saturated rings. The lowest BCUT2D eigenvalue weighted by Gasteiger charge is -2.33. The minimum absolute atomic E-state index is 0.183. The molecule has 0 saturated carbocycles. The van der Waals surface area contributed by atoms with Crippen LogP contribution in [0.25, 0.3) is 0 Å². The highest BCUT2D eigenvalue weighted by atomic mass is 32.2. The Balaban J connectivity index is 2.09. The monoisotopic (exact) mass is 298 g/mol. The van der Waals surface area contributed by atoms with Gasteiger partial charge in [-0.05, 0) is 13.8 Å². The summed E-state index contributed by atoms with van der Waals surface area (Å²) in [7, 11) is -3.54. The number of piperazine rings is 1. The third-order valence-electron chi connectivity index (χ3n) is 3.44. The van der Waals surface area contributed by atoms with Crippen molar-refractivity contribution in [2.75, 3.05) is 32.7 Å². The minimum Gasteiger partial charge on any atom is -0.360 e. The molecular weight excluding hydrogens is 280 g/mol. The molecule has 0 spiro atoms. The summed E-state index contributed by atoms with van der Waals surface area (Å²) in [6.07, 6.45) is 0.469. The third-order valence-corrected chi connectivity index (χ3v) is 5.58. The molecule has 0 bridgehead atoms. The van der Waals surface area contributed by atoms with Gasteiger partial charge in [-0.25, -0.2) is 8.42 Å². The molecule has 20 heavy (non-hydrogen) atoms. The number of hydrogen-bond acceptors (Lipinski definition) is 6. The van der Waals surface area contributed by atoms with Gasteiger partial charge in [0, 0.05) is 39.1 Å². The molecule has 7 nitrogen and oxygen atoms in total. The molecule has 0 amide bonds. The van der Waals surface area contributed by atoms with Gasteiger partial charge < -0.3 is 4.52 Å². The maximum absolute atomic E-state index is 12.6. The van der Waals surface area contributed by atoms with E-state index in [1.54, 1.807) is 13.8 Å². The molecule has 110 valence electrons. The van der Waals surface area contributed by atoms with Crippen molar-refractivity contribution in [3.63, 3.8) is 0 Å². The van der Waals surface area contributed by atoms with Gasteiger partial charge in [-0.15, -0.1) is 0 Å². The van der Waals surface area contributed by atoms with Crippen molar-refractivity contribution in [3.8, 4) is 6.07 Å². The smallest absolute Gasteiger partial charge is 0.248 e. The van der Waals surface area contributed by atoms with Gasteiger partial charge in [0.25, 0.3) is 0 Å². The number of nitrogens with zero attached hydrogens (tertiary/aromatic N) is 4. The van der Waals surface area contributed by atoms with Crippen molar-refractivity contribution in [1.29, 1.82) is 5.26 Å². The predicted molar refractivity (Wildman–Crippen MR) is 71.4 cm³/mol. The van der Waals surface area contributed by atoms with Crippen LogP contribution >= 0.6 is 0 Å². The minimum atomic E-state index is -3.54. The summed E-state index contributed by atoms with van der Waals surface area (Å²) < 4.78 is 31.5. The molecule has 1 aliphatic heterocycles. The summed E-state index contributed by atoms with van der Waals surface area (Å²) in [5.41, 5.74) is 0.398. The van der Waals surface area contributed by atoms with Gasteiger partial charge in [-0.1, -0.05) is 5.16 Å². The fourth-order valence-corrected chi connectivity index (χ4v) is 4.09. The Kier molecular flexibility index (Phi) is 4.42. The van der Waals surface area contributed by atoms with E-state index in [0.29, 0.717) is 50.6 Å². The normalized spacial score (nSPS) is 18.1. The number of aromatic nitrogens is 1. The number of rotatable bonds is 4. The van der Waals surface area contributed by atoms with E-state index in [1.807, 2.05) is 0 Å².